The largest absolute Gasteiger partial charge is 0.487 e. The van der Waals surface area contributed by atoms with Gasteiger partial charge in [-0.25, -0.2) is 0 Å². The molecule has 0 aliphatic heterocycles. The molecule has 0 saturated heterocycles. The number of carbonyl (C=O) groups excluding carboxylic acids is 1. The summed E-state index contributed by atoms with van der Waals surface area (Å²) in [7, 11) is 0. The number of amides is 1. The number of aromatic nitrogens is 1. The van der Waals surface area contributed by atoms with Crippen LogP contribution in [0.4, 0.5) is 5.69 Å². The zero-order chi connectivity index (χ0) is 16.8. The van der Waals surface area contributed by atoms with Gasteiger partial charge in [0, 0.05) is 18.0 Å². The molecule has 126 valence electrons. The van der Waals surface area contributed by atoms with Crippen molar-refractivity contribution in [2.45, 2.75) is 44.3 Å². The SMILES string of the molecule is O=C(CC1(O)CCCC1)Nc1cccc(OCc2ccccn2)c1. The first-order valence-electron chi connectivity index (χ1n) is 8.28. The van der Waals surface area contributed by atoms with Crippen LogP contribution in [-0.2, 0) is 11.4 Å². The lowest BCUT2D eigenvalue weighted by molar-refractivity contribution is -0.120. The number of hydrogen-bond acceptors (Lipinski definition) is 4. The van der Waals surface area contributed by atoms with Crippen molar-refractivity contribution >= 4 is 11.6 Å². The molecule has 1 aliphatic rings. The summed E-state index contributed by atoms with van der Waals surface area (Å²) in [5, 5.41) is 13.2. The Morgan fingerprint density at radius 1 is 1.21 bits per heavy atom. The molecule has 1 saturated carbocycles. The van der Waals surface area contributed by atoms with Crippen LogP contribution in [0.2, 0.25) is 0 Å². The van der Waals surface area contributed by atoms with Crippen LogP contribution in [0.3, 0.4) is 0 Å². The monoisotopic (exact) mass is 326 g/mol. The quantitative estimate of drug-likeness (QED) is 0.854. The summed E-state index contributed by atoms with van der Waals surface area (Å²) < 4.78 is 5.70. The number of carbonyl (C=O) groups is 1. The Kier molecular flexibility index (Phi) is 5.11. The predicted octanol–water partition coefficient (Wildman–Crippen LogP) is 3.29. The lowest BCUT2D eigenvalue weighted by Crippen LogP contribution is -2.30. The lowest BCUT2D eigenvalue weighted by Gasteiger charge is -2.21. The second kappa shape index (κ2) is 7.45. The highest BCUT2D eigenvalue weighted by Crippen LogP contribution is 2.32. The van der Waals surface area contributed by atoms with Crippen molar-refractivity contribution in [3.63, 3.8) is 0 Å². The molecule has 1 aliphatic carbocycles. The minimum absolute atomic E-state index is 0.145. The summed E-state index contributed by atoms with van der Waals surface area (Å²) in [6.45, 7) is 0.373. The van der Waals surface area contributed by atoms with E-state index < -0.39 is 5.60 Å². The van der Waals surface area contributed by atoms with Gasteiger partial charge in [-0.3, -0.25) is 9.78 Å². The van der Waals surface area contributed by atoms with E-state index in [0.29, 0.717) is 30.9 Å². The number of pyridine rings is 1. The van der Waals surface area contributed by atoms with E-state index in [1.807, 2.05) is 36.4 Å². The van der Waals surface area contributed by atoms with Gasteiger partial charge in [0.05, 0.1) is 17.7 Å². The summed E-state index contributed by atoms with van der Waals surface area (Å²) in [5.41, 5.74) is 0.674. The van der Waals surface area contributed by atoms with E-state index in [2.05, 4.69) is 10.3 Å². The fourth-order valence-corrected chi connectivity index (χ4v) is 3.02. The summed E-state index contributed by atoms with van der Waals surface area (Å²) in [6.07, 6.45) is 5.25. The number of rotatable bonds is 6. The molecule has 1 aromatic heterocycles. The first-order valence-corrected chi connectivity index (χ1v) is 8.28. The Bertz CT molecular complexity index is 682. The fraction of sp³-hybridized carbons (Fsp3) is 0.368. The standard InChI is InChI=1S/C19H22N2O3/c22-18(13-19(23)9-2-3-10-19)21-15-7-5-8-17(12-15)24-14-16-6-1-4-11-20-16/h1,4-8,11-12,23H,2-3,9-10,13-14H2,(H,21,22). The summed E-state index contributed by atoms with van der Waals surface area (Å²) in [5.74, 6) is 0.499. The zero-order valence-electron chi connectivity index (χ0n) is 13.6. The topological polar surface area (TPSA) is 71.5 Å². The molecule has 2 aromatic rings. The normalized spacial score (nSPS) is 15.9. The highest BCUT2D eigenvalue weighted by atomic mass is 16.5. The third-order valence-corrected chi connectivity index (χ3v) is 4.25. The molecule has 2 N–H and O–H groups in total. The van der Waals surface area contributed by atoms with Gasteiger partial charge in [0.1, 0.15) is 12.4 Å². The first kappa shape index (κ1) is 16.5. The zero-order valence-corrected chi connectivity index (χ0v) is 13.6. The second-order valence-corrected chi connectivity index (χ2v) is 6.29. The van der Waals surface area contributed by atoms with Crippen LogP contribution in [-0.4, -0.2) is 21.6 Å². The van der Waals surface area contributed by atoms with Gasteiger partial charge in [0.2, 0.25) is 5.91 Å². The highest BCUT2D eigenvalue weighted by molar-refractivity contribution is 5.91. The van der Waals surface area contributed by atoms with Gasteiger partial charge in [0.25, 0.3) is 0 Å². The fourth-order valence-electron chi connectivity index (χ4n) is 3.02. The number of aliphatic hydroxyl groups is 1. The molecule has 5 nitrogen and oxygen atoms in total. The van der Waals surface area contributed by atoms with E-state index >= 15 is 0 Å². The molecule has 0 radical (unpaired) electrons. The van der Waals surface area contributed by atoms with Crippen LogP contribution in [0.15, 0.2) is 48.7 Å². The Balaban J connectivity index is 1.55. The van der Waals surface area contributed by atoms with Crippen molar-refractivity contribution < 1.29 is 14.6 Å². The maximum atomic E-state index is 12.1. The first-order chi connectivity index (χ1) is 11.6. The Morgan fingerprint density at radius 2 is 2.04 bits per heavy atom. The average Bonchev–Trinajstić information content (AvgIpc) is 3.00. The highest BCUT2D eigenvalue weighted by Gasteiger charge is 2.33. The van der Waals surface area contributed by atoms with Crippen LogP contribution >= 0.6 is 0 Å². The molecule has 0 spiro atoms. The second-order valence-electron chi connectivity index (χ2n) is 6.29. The molecule has 5 heteroatoms. The van der Waals surface area contributed by atoms with Crippen LogP contribution < -0.4 is 10.1 Å². The number of nitrogens with one attached hydrogen (secondary N) is 1. The molecule has 1 aromatic carbocycles. The van der Waals surface area contributed by atoms with Crippen LogP contribution in [0.5, 0.6) is 5.75 Å². The van der Waals surface area contributed by atoms with E-state index in [4.69, 9.17) is 4.74 Å². The van der Waals surface area contributed by atoms with Crippen LogP contribution in [0.1, 0.15) is 37.8 Å². The van der Waals surface area contributed by atoms with E-state index in [1.54, 1.807) is 12.3 Å². The number of hydrogen-bond donors (Lipinski definition) is 2. The minimum Gasteiger partial charge on any atom is -0.487 e. The average molecular weight is 326 g/mol. The number of nitrogens with zero attached hydrogens (tertiary/aromatic N) is 1. The lowest BCUT2D eigenvalue weighted by atomic mass is 9.97. The van der Waals surface area contributed by atoms with Crippen molar-refractivity contribution in [2.24, 2.45) is 0 Å². The van der Waals surface area contributed by atoms with Gasteiger partial charge in [-0.1, -0.05) is 25.0 Å². The van der Waals surface area contributed by atoms with Crippen LogP contribution in [0, 0.1) is 0 Å². The van der Waals surface area contributed by atoms with Gasteiger partial charge in [-0.15, -0.1) is 0 Å². The summed E-state index contributed by atoms with van der Waals surface area (Å²) in [6, 6.07) is 12.9. The molecule has 24 heavy (non-hydrogen) atoms. The molecule has 0 bridgehead atoms. The maximum absolute atomic E-state index is 12.1. The minimum atomic E-state index is -0.836. The molecule has 1 heterocycles. The molecular weight excluding hydrogens is 304 g/mol. The molecule has 1 fully saturated rings. The van der Waals surface area contributed by atoms with Crippen molar-refractivity contribution in [3.05, 3.63) is 54.4 Å². The predicted molar refractivity (Wildman–Crippen MR) is 91.7 cm³/mol. The Morgan fingerprint density at radius 3 is 2.79 bits per heavy atom. The van der Waals surface area contributed by atoms with Gasteiger partial charge < -0.3 is 15.2 Å². The van der Waals surface area contributed by atoms with Gasteiger partial charge in [-0.2, -0.15) is 0 Å². The van der Waals surface area contributed by atoms with Crippen molar-refractivity contribution in [3.8, 4) is 5.75 Å². The smallest absolute Gasteiger partial charge is 0.227 e. The van der Waals surface area contributed by atoms with Crippen molar-refractivity contribution in [1.82, 2.24) is 4.98 Å². The number of ether oxygens (including phenoxy) is 1. The van der Waals surface area contributed by atoms with E-state index in [-0.39, 0.29) is 12.3 Å². The van der Waals surface area contributed by atoms with E-state index in [1.165, 1.54) is 0 Å². The van der Waals surface area contributed by atoms with Gasteiger partial charge in [-0.05, 0) is 37.1 Å². The Hall–Kier alpha value is -2.40. The van der Waals surface area contributed by atoms with Crippen molar-refractivity contribution in [1.29, 1.82) is 0 Å². The third-order valence-electron chi connectivity index (χ3n) is 4.25. The summed E-state index contributed by atoms with van der Waals surface area (Å²) in [4.78, 5) is 16.3. The maximum Gasteiger partial charge on any atom is 0.227 e. The molecular formula is C19H22N2O3. The van der Waals surface area contributed by atoms with Gasteiger partial charge in [0.15, 0.2) is 0 Å². The van der Waals surface area contributed by atoms with E-state index in [9.17, 15) is 9.90 Å². The summed E-state index contributed by atoms with van der Waals surface area (Å²) >= 11 is 0. The number of benzene rings is 1. The molecule has 0 atom stereocenters. The van der Waals surface area contributed by atoms with Gasteiger partial charge >= 0.3 is 0 Å². The van der Waals surface area contributed by atoms with E-state index in [0.717, 1.165) is 18.5 Å². The van der Waals surface area contributed by atoms with Crippen LogP contribution in [0.25, 0.3) is 0 Å². The third kappa shape index (κ3) is 4.55. The Labute approximate surface area is 141 Å². The van der Waals surface area contributed by atoms with Crippen molar-refractivity contribution in [2.75, 3.05) is 5.32 Å². The molecule has 0 unspecified atom stereocenters. The number of anilines is 1. The molecule has 3 rings (SSSR count). The molecule has 1 amide bonds.